The lowest BCUT2D eigenvalue weighted by atomic mass is 9.86. The Kier molecular flexibility index (Phi) is 5.87. The third-order valence-corrected chi connectivity index (χ3v) is 3.13. The van der Waals surface area contributed by atoms with Crippen LogP contribution in [-0.4, -0.2) is 32.2 Å². The summed E-state index contributed by atoms with van der Waals surface area (Å²) in [4.78, 5) is 22.2. The van der Waals surface area contributed by atoms with Crippen molar-refractivity contribution in [3.05, 3.63) is 27.8 Å². The first-order chi connectivity index (χ1) is 10.9. The van der Waals surface area contributed by atoms with Gasteiger partial charge in [0, 0.05) is 0 Å². The third kappa shape index (κ3) is 3.47. The van der Waals surface area contributed by atoms with Crippen molar-refractivity contribution in [2.24, 2.45) is 5.92 Å². The van der Waals surface area contributed by atoms with E-state index in [4.69, 9.17) is 14.7 Å². The zero-order chi connectivity index (χ0) is 17.6. The van der Waals surface area contributed by atoms with Crippen LogP contribution in [0.25, 0.3) is 0 Å². The van der Waals surface area contributed by atoms with E-state index in [-0.39, 0.29) is 17.1 Å². The predicted molar refractivity (Wildman–Crippen MR) is 75.7 cm³/mol. The quantitative estimate of drug-likeness (QED) is 0.437. The Morgan fingerprint density at radius 2 is 1.74 bits per heavy atom. The molecule has 9 nitrogen and oxygen atoms in total. The molecular formula is C14H13N3O6. The maximum absolute atomic E-state index is 11.7. The highest BCUT2D eigenvalue weighted by atomic mass is 16.6. The number of benzene rings is 1. The van der Waals surface area contributed by atoms with Crippen LogP contribution in [0, 0.1) is 38.7 Å². The van der Waals surface area contributed by atoms with Crippen molar-refractivity contribution in [3.63, 3.8) is 0 Å². The Hall–Kier alpha value is -3.33. The van der Waals surface area contributed by atoms with Crippen molar-refractivity contribution >= 4 is 11.7 Å². The molecule has 0 saturated heterocycles. The summed E-state index contributed by atoms with van der Waals surface area (Å²) in [6.45, 7) is 0. The van der Waals surface area contributed by atoms with Crippen LogP contribution in [0.3, 0.4) is 0 Å². The molecule has 1 aromatic carbocycles. The first-order valence-electron chi connectivity index (χ1n) is 6.22. The molecule has 0 unspecified atom stereocenters. The summed E-state index contributed by atoms with van der Waals surface area (Å²) in [7, 11) is 3.68. The molecule has 9 heteroatoms. The number of hydrogen-bond donors (Lipinski definition) is 0. The molecule has 0 aromatic heterocycles. The summed E-state index contributed by atoms with van der Waals surface area (Å²) in [5.74, 6) is -3.64. The largest absolute Gasteiger partial charge is 0.493 e. The van der Waals surface area contributed by atoms with Gasteiger partial charge in [-0.15, -0.1) is 0 Å². The summed E-state index contributed by atoms with van der Waals surface area (Å²) in [5.41, 5.74) is -0.592. The van der Waals surface area contributed by atoms with E-state index in [0.717, 1.165) is 13.2 Å². The van der Waals surface area contributed by atoms with E-state index in [1.165, 1.54) is 20.3 Å². The van der Waals surface area contributed by atoms with Crippen molar-refractivity contribution in [1.29, 1.82) is 10.5 Å². The summed E-state index contributed by atoms with van der Waals surface area (Å²) < 4.78 is 14.5. The SMILES string of the molecule is COC(=O)[C@H](C#N)[C@@H](C#N)c1cc(OC)c(OC)cc1[N+](=O)[O-]. The van der Waals surface area contributed by atoms with Crippen molar-refractivity contribution in [2.45, 2.75) is 5.92 Å². The molecular weight excluding hydrogens is 306 g/mol. The van der Waals surface area contributed by atoms with Gasteiger partial charge in [-0.3, -0.25) is 14.9 Å². The van der Waals surface area contributed by atoms with E-state index in [9.17, 15) is 20.2 Å². The fraction of sp³-hybridized carbons (Fsp3) is 0.357. The second kappa shape index (κ2) is 7.61. The fourth-order valence-corrected chi connectivity index (χ4v) is 2.01. The van der Waals surface area contributed by atoms with E-state index in [2.05, 4.69) is 4.74 Å². The third-order valence-electron chi connectivity index (χ3n) is 3.13. The summed E-state index contributed by atoms with van der Waals surface area (Å²) in [6.07, 6.45) is 0. The number of nitrogens with zero attached hydrogens (tertiary/aromatic N) is 3. The van der Waals surface area contributed by atoms with Crippen LogP contribution >= 0.6 is 0 Å². The molecule has 23 heavy (non-hydrogen) atoms. The van der Waals surface area contributed by atoms with Gasteiger partial charge in [-0.05, 0) is 6.07 Å². The number of carbonyl (C=O) groups is 1. The number of nitro groups is 1. The molecule has 0 amide bonds. The number of hydrogen-bond acceptors (Lipinski definition) is 8. The lowest BCUT2D eigenvalue weighted by Gasteiger charge is -2.16. The van der Waals surface area contributed by atoms with Crippen LogP contribution in [0.5, 0.6) is 11.5 Å². The molecule has 0 radical (unpaired) electrons. The Labute approximate surface area is 131 Å². The van der Waals surface area contributed by atoms with Crippen LogP contribution in [0.1, 0.15) is 11.5 Å². The Morgan fingerprint density at radius 1 is 1.17 bits per heavy atom. The average Bonchev–Trinajstić information content (AvgIpc) is 2.57. The fourth-order valence-electron chi connectivity index (χ4n) is 2.01. The minimum Gasteiger partial charge on any atom is -0.493 e. The molecule has 1 rings (SSSR count). The minimum atomic E-state index is -1.51. The lowest BCUT2D eigenvalue weighted by Crippen LogP contribution is -2.22. The van der Waals surface area contributed by atoms with E-state index < -0.39 is 28.4 Å². The van der Waals surface area contributed by atoms with Crippen molar-refractivity contribution in [1.82, 2.24) is 0 Å². The highest BCUT2D eigenvalue weighted by Gasteiger charge is 2.36. The molecule has 120 valence electrons. The molecule has 0 aliphatic heterocycles. The number of ether oxygens (including phenoxy) is 3. The minimum absolute atomic E-state index is 0.0891. The Balaban J connectivity index is 3.60. The number of carbonyl (C=O) groups excluding carboxylic acids is 1. The molecule has 0 aliphatic rings. The zero-order valence-electron chi connectivity index (χ0n) is 12.6. The molecule has 1 aromatic rings. The van der Waals surface area contributed by atoms with Gasteiger partial charge in [0.05, 0.1) is 50.0 Å². The van der Waals surface area contributed by atoms with Gasteiger partial charge >= 0.3 is 5.97 Å². The second-order valence-corrected chi connectivity index (χ2v) is 4.26. The molecule has 0 fully saturated rings. The smallest absolute Gasteiger partial charge is 0.324 e. The van der Waals surface area contributed by atoms with Gasteiger partial charge in [-0.25, -0.2) is 0 Å². The van der Waals surface area contributed by atoms with Crippen molar-refractivity contribution in [2.75, 3.05) is 21.3 Å². The van der Waals surface area contributed by atoms with Gasteiger partial charge in [-0.2, -0.15) is 10.5 Å². The molecule has 0 spiro atoms. The maximum Gasteiger partial charge on any atom is 0.324 e. The number of rotatable bonds is 6. The topological polar surface area (TPSA) is 135 Å². The molecule has 2 atom stereocenters. The number of esters is 1. The molecule has 0 N–H and O–H groups in total. The summed E-state index contributed by atoms with van der Waals surface area (Å²) >= 11 is 0. The Morgan fingerprint density at radius 3 is 2.13 bits per heavy atom. The monoisotopic (exact) mass is 319 g/mol. The molecule has 0 heterocycles. The lowest BCUT2D eigenvalue weighted by molar-refractivity contribution is -0.385. The van der Waals surface area contributed by atoms with Crippen LogP contribution in [0.4, 0.5) is 5.69 Å². The highest BCUT2D eigenvalue weighted by molar-refractivity contribution is 5.78. The number of methoxy groups -OCH3 is 3. The van der Waals surface area contributed by atoms with Gasteiger partial charge < -0.3 is 14.2 Å². The van der Waals surface area contributed by atoms with Gasteiger partial charge in [0.25, 0.3) is 5.69 Å². The number of nitro benzene ring substituents is 1. The van der Waals surface area contributed by atoms with E-state index in [1.54, 1.807) is 12.1 Å². The van der Waals surface area contributed by atoms with Crippen LogP contribution in [0.2, 0.25) is 0 Å². The van der Waals surface area contributed by atoms with Gasteiger partial charge in [0.15, 0.2) is 17.4 Å². The molecule has 0 bridgehead atoms. The van der Waals surface area contributed by atoms with E-state index >= 15 is 0 Å². The standard InChI is InChI=1S/C14H13N3O6/c1-21-12-4-8(11(17(19)20)5-13(12)22-2)9(6-15)10(7-16)14(18)23-3/h4-5,9-10H,1-3H3/t9-,10+/m0/s1. The van der Waals surface area contributed by atoms with Crippen LogP contribution in [-0.2, 0) is 9.53 Å². The van der Waals surface area contributed by atoms with Crippen molar-refractivity contribution in [3.8, 4) is 23.6 Å². The van der Waals surface area contributed by atoms with E-state index in [1.807, 2.05) is 0 Å². The van der Waals surface area contributed by atoms with Gasteiger partial charge in [-0.1, -0.05) is 0 Å². The number of nitriles is 2. The second-order valence-electron chi connectivity index (χ2n) is 4.26. The van der Waals surface area contributed by atoms with Gasteiger partial charge in [0.2, 0.25) is 0 Å². The molecule has 0 aliphatic carbocycles. The first-order valence-corrected chi connectivity index (χ1v) is 6.22. The molecule has 0 saturated carbocycles. The van der Waals surface area contributed by atoms with Crippen LogP contribution < -0.4 is 9.47 Å². The average molecular weight is 319 g/mol. The van der Waals surface area contributed by atoms with Gasteiger partial charge in [0.1, 0.15) is 5.92 Å². The summed E-state index contributed by atoms with van der Waals surface area (Å²) in [5, 5.41) is 29.7. The normalized spacial score (nSPS) is 12.2. The predicted octanol–water partition coefficient (Wildman–Crippen LogP) is 1.53. The van der Waals surface area contributed by atoms with Crippen LogP contribution in [0.15, 0.2) is 12.1 Å². The highest BCUT2D eigenvalue weighted by Crippen LogP contribution is 2.40. The zero-order valence-corrected chi connectivity index (χ0v) is 12.6. The maximum atomic E-state index is 11.7. The Bertz CT molecular complexity index is 704. The summed E-state index contributed by atoms with van der Waals surface area (Å²) in [6, 6.07) is 5.67. The van der Waals surface area contributed by atoms with E-state index in [0.29, 0.717) is 0 Å². The van der Waals surface area contributed by atoms with Crippen molar-refractivity contribution < 1.29 is 23.9 Å². The first kappa shape index (κ1) is 17.7.